The third-order valence-corrected chi connectivity index (χ3v) is 4.48. The van der Waals surface area contributed by atoms with Gasteiger partial charge in [-0.15, -0.1) is 0 Å². The number of nitrogens with one attached hydrogen (secondary N) is 2. The van der Waals surface area contributed by atoms with Crippen LogP contribution in [0.5, 0.6) is 0 Å². The van der Waals surface area contributed by atoms with Gasteiger partial charge in [-0.25, -0.2) is 0 Å². The van der Waals surface area contributed by atoms with Crippen LogP contribution in [0.15, 0.2) is 48.5 Å². The summed E-state index contributed by atoms with van der Waals surface area (Å²) in [6.07, 6.45) is 0. The maximum Gasteiger partial charge on any atom is 0.243 e. The van der Waals surface area contributed by atoms with Gasteiger partial charge in [-0.3, -0.25) is 4.79 Å². The molecule has 0 unspecified atom stereocenters. The summed E-state index contributed by atoms with van der Waals surface area (Å²) in [5.41, 5.74) is 4.33. The number of hydrogen-bond donors (Lipinski definition) is 2. The summed E-state index contributed by atoms with van der Waals surface area (Å²) in [6, 6.07) is 16.2. The van der Waals surface area contributed by atoms with Gasteiger partial charge < -0.3 is 15.5 Å². The average molecular weight is 354 g/mol. The second-order valence-electron chi connectivity index (χ2n) is 7.45. The second-order valence-corrected chi connectivity index (χ2v) is 7.45. The fraction of sp³-hybridized carbons (Fsp3) is 0.409. The summed E-state index contributed by atoms with van der Waals surface area (Å²) >= 11 is 0. The first-order valence-electron chi connectivity index (χ1n) is 9.32. The number of amides is 1. The topological polar surface area (TPSA) is 44.4 Å². The van der Waals surface area contributed by atoms with Crippen LogP contribution in [0.3, 0.4) is 0 Å². The lowest BCUT2D eigenvalue weighted by atomic mass is 9.87. The van der Waals surface area contributed by atoms with Crippen LogP contribution in [0.2, 0.25) is 0 Å². The first-order chi connectivity index (χ1) is 12.3. The van der Waals surface area contributed by atoms with E-state index in [1.165, 1.54) is 11.3 Å². The molecule has 4 nitrogen and oxygen atoms in total. The van der Waals surface area contributed by atoms with Crippen LogP contribution in [0.25, 0.3) is 0 Å². The summed E-state index contributed by atoms with van der Waals surface area (Å²) in [7, 11) is 0. The molecule has 4 heteroatoms. The zero-order valence-corrected chi connectivity index (χ0v) is 16.6. The van der Waals surface area contributed by atoms with Crippen LogP contribution >= 0.6 is 0 Å². The van der Waals surface area contributed by atoms with Crippen molar-refractivity contribution in [2.45, 2.75) is 40.0 Å². The Morgan fingerprint density at radius 1 is 0.885 bits per heavy atom. The highest BCUT2D eigenvalue weighted by atomic mass is 16.1. The molecule has 2 aromatic carbocycles. The molecule has 140 valence electrons. The molecule has 2 aromatic rings. The summed E-state index contributed by atoms with van der Waals surface area (Å²) in [6.45, 7) is 13.0. The molecule has 0 saturated heterocycles. The second kappa shape index (κ2) is 8.75. The minimum absolute atomic E-state index is 0.0543. The molecule has 1 amide bonds. The lowest BCUT2D eigenvalue weighted by molar-refractivity contribution is -0.114. The largest absolute Gasteiger partial charge is 0.376 e. The van der Waals surface area contributed by atoms with Crippen LogP contribution in [-0.4, -0.2) is 25.5 Å². The maximum absolute atomic E-state index is 12.2. The van der Waals surface area contributed by atoms with E-state index in [4.69, 9.17) is 0 Å². The number of rotatable bonds is 7. The highest BCUT2D eigenvalue weighted by molar-refractivity contribution is 5.93. The minimum atomic E-state index is -0.0543. The lowest BCUT2D eigenvalue weighted by Gasteiger charge is -2.21. The first-order valence-corrected chi connectivity index (χ1v) is 9.32. The van der Waals surface area contributed by atoms with Gasteiger partial charge in [0.15, 0.2) is 0 Å². The van der Waals surface area contributed by atoms with Gasteiger partial charge >= 0.3 is 0 Å². The van der Waals surface area contributed by atoms with Crippen molar-refractivity contribution in [2.75, 3.05) is 35.2 Å². The summed E-state index contributed by atoms with van der Waals surface area (Å²) in [5.74, 6) is -0.0543. The fourth-order valence-electron chi connectivity index (χ4n) is 2.82. The highest BCUT2D eigenvalue weighted by Crippen LogP contribution is 2.23. The van der Waals surface area contributed by atoms with Crippen LogP contribution in [0.4, 0.5) is 17.1 Å². The Hall–Kier alpha value is -2.49. The Balaban J connectivity index is 1.87. The Morgan fingerprint density at radius 3 is 1.92 bits per heavy atom. The molecule has 0 atom stereocenters. The van der Waals surface area contributed by atoms with E-state index < -0.39 is 0 Å². The van der Waals surface area contributed by atoms with Crippen molar-refractivity contribution < 1.29 is 4.79 Å². The highest BCUT2D eigenvalue weighted by Gasteiger charge is 2.13. The van der Waals surface area contributed by atoms with E-state index in [9.17, 15) is 4.79 Å². The van der Waals surface area contributed by atoms with Crippen molar-refractivity contribution >= 4 is 23.0 Å². The van der Waals surface area contributed by atoms with Crippen LogP contribution in [0, 0.1) is 0 Å². The van der Waals surface area contributed by atoms with Crippen molar-refractivity contribution in [2.24, 2.45) is 0 Å². The molecule has 2 rings (SSSR count). The van der Waals surface area contributed by atoms with E-state index in [1.54, 1.807) is 0 Å². The molecule has 0 radical (unpaired) electrons. The van der Waals surface area contributed by atoms with E-state index in [0.29, 0.717) is 0 Å². The van der Waals surface area contributed by atoms with Gasteiger partial charge in [0.05, 0.1) is 6.54 Å². The molecular formula is C22H31N3O. The number of benzene rings is 2. The number of hydrogen-bond acceptors (Lipinski definition) is 3. The zero-order chi connectivity index (χ0) is 19.2. The minimum Gasteiger partial charge on any atom is -0.376 e. The van der Waals surface area contributed by atoms with Gasteiger partial charge in [0.25, 0.3) is 0 Å². The molecule has 0 heterocycles. The summed E-state index contributed by atoms with van der Waals surface area (Å²) in [5, 5.41) is 6.10. The zero-order valence-electron chi connectivity index (χ0n) is 16.6. The van der Waals surface area contributed by atoms with Crippen LogP contribution in [-0.2, 0) is 10.2 Å². The van der Waals surface area contributed by atoms with Crippen molar-refractivity contribution in [3.63, 3.8) is 0 Å². The number of carbonyl (C=O) groups excluding carboxylic acids is 1. The third-order valence-electron chi connectivity index (χ3n) is 4.48. The van der Waals surface area contributed by atoms with Gasteiger partial charge in [0.2, 0.25) is 5.91 Å². The molecule has 0 spiro atoms. The van der Waals surface area contributed by atoms with E-state index in [1.807, 2.05) is 24.3 Å². The van der Waals surface area contributed by atoms with Crippen molar-refractivity contribution in [1.82, 2.24) is 0 Å². The standard InChI is InChI=1S/C22H31N3O/c1-6-25(7-2)20-14-12-18(13-15-20)23-16-21(26)24-19-10-8-17(9-11-19)22(3,4)5/h8-15,23H,6-7,16H2,1-5H3,(H,24,26). The van der Waals surface area contributed by atoms with Gasteiger partial charge in [-0.1, -0.05) is 32.9 Å². The van der Waals surface area contributed by atoms with Crippen molar-refractivity contribution in [3.8, 4) is 0 Å². The molecule has 0 aliphatic heterocycles. The normalized spacial score (nSPS) is 11.1. The Morgan fingerprint density at radius 2 is 1.42 bits per heavy atom. The van der Waals surface area contributed by atoms with Gasteiger partial charge in [0, 0.05) is 30.2 Å². The third kappa shape index (κ3) is 5.51. The molecular weight excluding hydrogens is 322 g/mol. The quantitative estimate of drug-likeness (QED) is 0.745. The number of nitrogens with zero attached hydrogens (tertiary/aromatic N) is 1. The predicted octanol–water partition coefficient (Wildman–Crippen LogP) is 4.88. The van der Waals surface area contributed by atoms with E-state index in [-0.39, 0.29) is 17.9 Å². The van der Waals surface area contributed by atoms with Crippen molar-refractivity contribution in [3.05, 3.63) is 54.1 Å². The first kappa shape index (κ1) is 19.8. The predicted molar refractivity (Wildman–Crippen MR) is 112 cm³/mol. The lowest BCUT2D eigenvalue weighted by Crippen LogP contribution is -2.22. The molecule has 0 aliphatic carbocycles. The van der Waals surface area contributed by atoms with Gasteiger partial charge in [-0.05, 0) is 61.2 Å². The SMILES string of the molecule is CCN(CC)c1ccc(NCC(=O)Nc2ccc(C(C)(C)C)cc2)cc1. The smallest absolute Gasteiger partial charge is 0.243 e. The van der Waals surface area contributed by atoms with Crippen LogP contribution in [0.1, 0.15) is 40.2 Å². The molecule has 0 aromatic heterocycles. The van der Waals surface area contributed by atoms with E-state index >= 15 is 0 Å². The van der Waals surface area contributed by atoms with Crippen LogP contribution < -0.4 is 15.5 Å². The maximum atomic E-state index is 12.2. The molecule has 0 saturated carbocycles. The van der Waals surface area contributed by atoms with Crippen molar-refractivity contribution in [1.29, 1.82) is 0 Å². The monoisotopic (exact) mass is 353 g/mol. The molecule has 26 heavy (non-hydrogen) atoms. The molecule has 0 bridgehead atoms. The Labute approximate surface area is 157 Å². The molecule has 0 fully saturated rings. The molecule has 2 N–H and O–H groups in total. The average Bonchev–Trinajstić information content (AvgIpc) is 2.62. The van der Waals surface area contributed by atoms with E-state index in [0.717, 1.165) is 24.5 Å². The van der Waals surface area contributed by atoms with Gasteiger partial charge in [-0.2, -0.15) is 0 Å². The fourth-order valence-corrected chi connectivity index (χ4v) is 2.82. The number of carbonyl (C=O) groups is 1. The summed E-state index contributed by atoms with van der Waals surface area (Å²) < 4.78 is 0. The van der Waals surface area contributed by atoms with E-state index in [2.05, 4.69) is 74.4 Å². The Bertz CT molecular complexity index is 696. The number of anilines is 3. The summed E-state index contributed by atoms with van der Waals surface area (Å²) in [4.78, 5) is 14.4. The molecule has 0 aliphatic rings. The van der Waals surface area contributed by atoms with Gasteiger partial charge in [0.1, 0.15) is 0 Å². The Kier molecular flexibility index (Phi) is 6.67.